The van der Waals surface area contributed by atoms with Crippen molar-refractivity contribution in [3.05, 3.63) is 35.6 Å². The molecule has 0 aliphatic heterocycles. The van der Waals surface area contributed by atoms with E-state index in [2.05, 4.69) is 0 Å². The van der Waals surface area contributed by atoms with Crippen LogP contribution in [0.4, 0.5) is 4.39 Å². The summed E-state index contributed by atoms with van der Waals surface area (Å²) < 4.78 is 17.6. The highest BCUT2D eigenvalue weighted by Gasteiger charge is 2.12. The van der Waals surface area contributed by atoms with Crippen molar-refractivity contribution in [2.24, 2.45) is 5.73 Å². The molecule has 16 heavy (non-hydrogen) atoms. The van der Waals surface area contributed by atoms with Crippen molar-refractivity contribution >= 4 is 5.97 Å². The number of carbonyl (C=O) groups excluding carboxylic acids is 1. The topological polar surface area (TPSA) is 52.3 Å². The van der Waals surface area contributed by atoms with E-state index in [1.807, 2.05) is 0 Å². The zero-order valence-corrected chi connectivity index (χ0v) is 8.57. The number of halogens is 1. The molecule has 0 saturated heterocycles. The molecule has 0 aliphatic carbocycles. The monoisotopic (exact) mass is 227 g/mol. The minimum absolute atomic E-state index is 0. The summed E-state index contributed by atoms with van der Waals surface area (Å²) >= 11 is 0. The number of benzene rings is 1. The molecule has 0 spiro atoms. The summed E-state index contributed by atoms with van der Waals surface area (Å²) in [6, 6.07) is 5.40. The van der Waals surface area contributed by atoms with Crippen molar-refractivity contribution < 1.29 is 13.9 Å². The van der Waals surface area contributed by atoms with Crippen LogP contribution in [0.15, 0.2) is 24.3 Å². The summed E-state index contributed by atoms with van der Waals surface area (Å²) in [6.07, 6.45) is 0.0668. The number of nitrogens with two attached hydrogens (primary N) is 1. The molecule has 0 radical (unpaired) electrons. The molecule has 4 heteroatoms. The van der Waals surface area contributed by atoms with E-state index in [9.17, 15) is 9.18 Å². The maximum atomic E-state index is 12.8. The van der Waals surface area contributed by atoms with Gasteiger partial charge in [0.05, 0.1) is 13.0 Å². The Labute approximate surface area is 95.4 Å². The molecule has 90 valence electrons. The fourth-order valence-electron chi connectivity index (χ4n) is 1.25. The van der Waals surface area contributed by atoms with Crippen LogP contribution in [0.25, 0.3) is 0 Å². The highest BCUT2D eigenvalue weighted by molar-refractivity contribution is 5.70. The third-order valence-electron chi connectivity index (χ3n) is 1.97. The first-order chi connectivity index (χ1) is 7.13. The van der Waals surface area contributed by atoms with Gasteiger partial charge in [0.25, 0.3) is 0 Å². The van der Waals surface area contributed by atoms with Gasteiger partial charge in [-0.25, -0.2) is 4.39 Å². The zero-order chi connectivity index (χ0) is 11.3. The van der Waals surface area contributed by atoms with Crippen LogP contribution in [0, 0.1) is 5.82 Å². The molecule has 0 fully saturated rings. The number of hydrogen-bond acceptors (Lipinski definition) is 3. The molecule has 1 atom stereocenters. The van der Waals surface area contributed by atoms with E-state index in [1.54, 1.807) is 19.1 Å². The van der Waals surface area contributed by atoms with Gasteiger partial charge in [-0.1, -0.05) is 19.6 Å². The highest BCUT2D eigenvalue weighted by atomic mass is 19.1. The fraction of sp³-hybridized carbons (Fsp3) is 0.417. The van der Waals surface area contributed by atoms with Gasteiger partial charge in [0.1, 0.15) is 5.82 Å². The molecule has 1 aromatic carbocycles. The third kappa shape index (κ3) is 4.40. The molecule has 0 aromatic heterocycles. The van der Waals surface area contributed by atoms with Crippen molar-refractivity contribution in [2.75, 3.05) is 6.61 Å². The van der Waals surface area contributed by atoms with E-state index < -0.39 is 6.04 Å². The summed E-state index contributed by atoms with van der Waals surface area (Å²) in [5.74, 6) is -0.721. The van der Waals surface area contributed by atoms with Crippen LogP contribution in [0.5, 0.6) is 0 Å². The second kappa shape index (κ2) is 6.95. The van der Waals surface area contributed by atoms with E-state index in [0.717, 1.165) is 0 Å². The normalized spacial score (nSPS) is 11.4. The summed E-state index contributed by atoms with van der Waals surface area (Å²) in [4.78, 5) is 11.1. The Morgan fingerprint density at radius 1 is 1.56 bits per heavy atom. The Morgan fingerprint density at radius 2 is 2.25 bits per heavy atom. The van der Waals surface area contributed by atoms with E-state index in [0.29, 0.717) is 12.2 Å². The van der Waals surface area contributed by atoms with Crippen LogP contribution in [-0.4, -0.2) is 12.6 Å². The summed E-state index contributed by atoms with van der Waals surface area (Å²) in [5.41, 5.74) is 6.33. The van der Waals surface area contributed by atoms with Gasteiger partial charge in [0.15, 0.2) is 0 Å². The minimum Gasteiger partial charge on any atom is -0.466 e. The van der Waals surface area contributed by atoms with Crippen LogP contribution in [0.1, 0.15) is 32.4 Å². The molecule has 1 aromatic rings. The van der Waals surface area contributed by atoms with Gasteiger partial charge in [-0.2, -0.15) is 0 Å². The summed E-state index contributed by atoms with van der Waals surface area (Å²) in [7, 11) is 0. The third-order valence-corrected chi connectivity index (χ3v) is 1.97. The average molecular weight is 227 g/mol. The van der Waals surface area contributed by atoms with E-state index in [1.165, 1.54) is 12.1 Å². The van der Waals surface area contributed by atoms with Gasteiger partial charge < -0.3 is 10.5 Å². The average Bonchev–Trinajstić information content (AvgIpc) is 2.18. The predicted octanol–water partition coefficient (Wildman–Crippen LogP) is 2.41. The van der Waals surface area contributed by atoms with Gasteiger partial charge in [-0.05, 0) is 24.6 Å². The maximum Gasteiger partial charge on any atom is 0.307 e. The van der Waals surface area contributed by atoms with E-state index in [-0.39, 0.29) is 25.6 Å². The summed E-state index contributed by atoms with van der Waals surface area (Å²) in [6.45, 7) is 2.06. The van der Waals surface area contributed by atoms with Crippen molar-refractivity contribution in [1.82, 2.24) is 0 Å². The molecule has 0 heterocycles. The molecule has 0 bridgehead atoms. The van der Waals surface area contributed by atoms with Crippen LogP contribution in [-0.2, 0) is 9.53 Å². The molecular formula is C12H18FNO2. The Bertz CT molecular complexity index is 342. The van der Waals surface area contributed by atoms with Crippen LogP contribution < -0.4 is 5.73 Å². The molecule has 0 amide bonds. The molecule has 1 rings (SSSR count). The highest BCUT2D eigenvalue weighted by Crippen LogP contribution is 2.15. The molecule has 0 aliphatic rings. The lowest BCUT2D eigenvalue weighted by Crippen LogP contribution is -2.17. The SMILES string of the molecule is C.CCOC(=O)C[C@H](N)c1cccc(F)c1. The fourth-order valence-corrected chi connectivity index (χ4v) is 1.25. The lowest BCUT2D eigenvalue weighted by Gasteiger charge is -2.10. The smallest absolute Gasteiger partial charge is 0.307 e. The first kappa shape index (κ1) is 14.6. The van der Waals surface area contributed by atoms with Gasteiger partial charge in [-0.15, -0.1) is 0 Å². The number of esters is 1. The Morgan fingerprint density at radius 3 is 2.81 bits per heavy atom. The Kier molecular flexibility index (Phi) is 6.34. The Hall–Kier alpha value is -1.42. The van der Waals surface area contributed by atoms with Crippen LogP contribution in [0.3, 0.4) is 0 Å². The largest absolute Gasteiger partial charge is 0.466 e. The molecule has 3 nitrogen and oxygen atoms in total. The number of ether oxygens (including phenoxy) is 1. The lowest BCUT2D eigenvalue weighted by molar-refractivity contribution is -0.143. The molecule has 0 unspecified atom stereocenters. The second-order valence-electron chi connectivity index (χ2n) is 3.17. The van der Waals surface area contributed by atoms with Crippen molar-refractivity contribution in [3.8, 4) is 0 Å². The number of rotatable bonds is 4. The maximum absolute atomic E-state index is 12.8. The van der Waals surface area contributed by atoms with Crippen LogP contribution in [0.2, 0.25) is 0 Å². The van der Waals surface area contributed by atoms with Crippen molar-refractivity contribution in [1.29, 1.82) is 0 Å². The first-order valence-electron chi connectivity index (χ1n) is 4.80. The van der Waals surface area contributed by atoms with E-state index in [4.69, 9.17) is 10.5 Å². The second-order valence-corrected chi connectivity index (χ2v) is 3.17. The molecular weight excluding hydrogens is 209 g/mol. The van der Waals surface area contributed by atoms with Gasteiger partial charge in [-0.3, -0.25) is 4.79 Å². The molecule has 2 N–H and O–H groups in total. The van der Waals surface area contributed by atoms with E-state index >= 15 is 0 Å². The zero-order valence-electron chi connectivity index (χ0n) is 8.57. The summed E-state index contributed by atoms with van der Waals surface area (Å²) in [5, 5.41) is 0. The van der Waals surface area contributed by atoms with Crippen molar-refractivity contribution in [3.63, 3.8) is 0 Å². The molecule has 0 saturated carbocycles. The Balaban J connectivity index is 0.00000225. The van der Waals surface area contributed by atoms with Gasteiger partial charge in [0, 0.05) is 6.04 Å². The quantitative estimate of drug-likeness (QED) is 0.804. The predicted molar refractivity (Wildman–Crippen MR) is 61.3 cm³/mol. The van der Waals surface area contributed by atoms with Gasteiger partial charge >= 0.3 is 5.97 Å². The van der Waals surface area contributed by atoms with Crippen molar-refractivity contribution in [2.45, 2.75) is 26.8 Å². The van der Waals surface area contributed by atoms with Gasteiger partial charge in [0.2, 0.25) is 0 Å². The standard InChI is InChI=1S/C11H14FNO2.CH4/c1-2-15-11(14)7-10(13)8-4-3-5-9(12)6-8;/h3-6,10H,2,7,13H2,1H3;1H4/t10-;/m0./s1. The van der Waals surface area contributed by atoms with Crippen LogP contribution >= 0.6 is 0 Å². The first-order valence-corrected chi connectivity index (χ1v) is 4.80. The minimum atomic E-state index is -0.514. The lowest BCUT2D eigenvalue weighted by atomic mass is 10.1. The number of carbonyl (C=O) groups is 1. The number of hydrogen-bond donors (Lipinski definition) is 1.